The fourth-order valence-electron chi connectivity index (χ4n) is 3.99. The van der Waals surface area contributed by atoms with Crippen LogP contribution < -0.4 is 10.6 Å². The predicted molar refractivity (Wildman–Crippen MR) is 137 cm³/mol. The summed E-state index contributed by atoms with van der Waals surface area (Å²) in [5, 5.41) is 17.4. The minimum Gasteiger partial charge on any atom is -0.364 e. The van der Waals surface area contributed by atoms with Gasteiger partial charge < -0.3 is 10.6 Å². The number of halogens is 1. The van der Waals surface area contributed by atoms with Crippen LogP contribution in [0, 0.1) is 15.9 Å². The summed E-state index contributed by atoms with van der Waals surface area (Å²) in [4.78, 5) is 19.1. The molecule has 0 atom stereocenters. The highest BCUT2D eigenvalue weighted by molar-refractivity contribution is 5.73. The average Bonchev–Trinajstić information content (AvgIpc) is 2.83. The average molecular weight is 474 g/mol. The molecule has 7 nitrogen and oxygen atoms in total. The van der Waals surface area contributed by atoms with E-state index in [0.717, 1.165) is 12.8 Å². The van der Waals surface area contributed by atoms with Crippen LogP contribution in [0.4, 0.5) is 27.4 Å². The Bertz CT molecular complexity index is 850. The smallest absolute Gasteiger partial charge is 0.353 e. The highest BCUT2D eigenvalue weighted by atomic mass is 19.1. The fraction of sp³-hybridized carbons (Fsp3) is 0.615. The minimum absolute atomic E-state index is 0.0337. The van der Waals surface area contributed by atoms with Crippen molar-refractivity contribution in [1.29, 1.82) is 0 Å². The second kappa shape index (κ2) is 16.8. The zero-order chi connectivity index (χ0) is 24.4. The quantitative estimate of drug-likeness (QED) is 0.121. The predicted octanol–water partition coefficient (Wildman–Crippen LogP) is 8.16. The van der Waals surface area contributed by atoms with Crippen molar-refractivity contribution in [2.75, 3.05) is 17.2 Å². The summed E-state index contributed by atoms with van der Waals surface area (Å²) in [5.41, 5.74) is -0.154. The van der Waals surface area contributed by atoms with Gasteiger partial charge in [-0.2, -0.15) is 0 Å². The number of nitrogens with zero attached hydrogens (tertiary/aromatic N) is 3. The highest BCUT2D eigenvalue weighted by Crippen LogP contribution is 2.31. The van der Waals surface area contributed by atoms with Crippen LogP contribution in [-0.2, 0) is 0 Å². The molecule has 0 aliphatic heterocycles. The molecule has 34 heavy (non-hydrogen) atoms. The Morgan fingerprint density at radius 1 is 0.824 bits per heavy atom. The van der Waals surface area contributed by atoms with E-state index in [-0.39, 0.29) is 23.0 Å². The van der Waals surface area contributed by atoms with Gasteiger partial charge in [0.25, 0.3) is 0 Å². The van der Waals surface area contributed by atoms with Crippen LogP contribution in [0.1, 0.15) is 96.8 Å². The number of benzene rings is 1. The van der Waals surface area contributed by atoms with E-state index in [0.29, 0.717) is 6.54 Å². The van der Waals surface area contributed by atoms with Gasteiger partial charge >= 0.3 is 5.69 Å². The molecule has 0 aliphatic rings. The molecule has 0 aliphatic carbocycles. The van der Waals surface area contributed by atoms with Gasteiger partial charge in [0, 0.05) is 6.54 Å². The summed E-state index contributed by atoms with van der Waals surface area (Å²) in [5.74, 6) is -0.394. The monoisotopic (exact) mass is 473 g/mol. The number of unbranched alkanes of at least 4 members (excludes halogenated alkanes) is 13. The number of rotatable bonds is 19. The van der Waals surface area contributed by atoms with Gasteiger partial charge in [-0.05, 0) is 18.6 Å². The molecule has 0 saturated carbocycles. The van der Waals surface area contributed by atoms with Crippen molar-refractivity contribution in [2.45, 2.75) is 96.8 Å². The summed E-state index contributed by atoms with van der Waals surface area (Å²) in [6, 6.07) is 5.98. The Morgan fingerprint density at radius 3 is 1.91 bits per heavy atom. The molecule has 2 aromatic rings. The summed E-state index contributed by atoms with van der Waals surface area (Å²) in [6.07, 6.45) is 19.2. The molecular formula is C26H40FN5O2. The van der Waals surface area contributed by atoms with Crippen molar-refractivity contribution in [2.24, 2.45) is 0 Å². The highest BCUT2D eigenvalue weighted by Gasteiger charge is 2.23. The third-order valence-electron chi connectivity index (χ3n) is 5.95. The molecule has 0 amide bonds. The van der Waals surface area contributed by atoms with Crippen LogP contribution in [0.15, 0.2) is 30.6 Å². The van der Waals surface area contributed by atoms with Gasteiger partial charge in [-0.1, -0.05) is 103 Å². The second-order valence-electron chi connectivity index (χ2n) is 8.80. The van der Waals surface area contributed by atoms with Gasteiger partial charge in [-0.25, -0.2) is 14.4 Å². The number of nitrogens with one attached hydrogen (secondary N) is 2. The van der Waals surface area contributed by atoms with Gasteiger partial charge in [-0.15, -0.1) is 0 Å². The fourth-order valence-corrected chi connectivity index (χ4v) is 3.99. The van der Waals surface area contributed by atoms with Crippen molar-refractivity contribution >= 4 is 23.0 Å². The first-order valence-electron chi connectivity index (χ1n) is 12.9. The van der Waals surface area contributed by atoms with Crippen LogP contribution in [0.3, 0.4) is 0 Å². The van der Waals surface area contributed by atoms with Gasteiger partial charge in [0.05, 0.1) is 10.6 Å². The number of hydrogen-bond acceptors (Lipinski definition) is 6. The second-order valence-corrected chi connectivity index (χ2v) is 8.80. The zero-order valence-electron chi connectivity index (χ0n) is 20.5. The summed E-state index contributed by atoms with van der Waals surface area (Å²) < 4.78 is 13.9. The van der Waals surface area contributed by atoms with E-state index in [1.807, 2.05) is 0 Å². The Morgan fingerprint density at radius 2 is 1.35 bits per heavy atom. The lowest BCUT2D eigenvalue weighted by atomic mass is 10.0. The van der Waals surface area contributed by atoms with Crippen molar-refractivity contribution < 1.29 is 9.31 Å². The molecule has 1 heterocycles. The van der Waals surface area contributed by atoms with E-state index in [1.54, 1.807) is 12.1 Å². The first-order valence-corrected chi connectivity index (χ1v) is 12.9. The zero-order valence-corrected chi connectivity index (χ0v) is 20.5. The number of para-hydroxylation sites is 1. The molecule has 2 N–H and O–H groups in total. The summed E-state index contributed by atoms with van der Waals surface area (Å²) >= 11 is 0. The lowest BCUT2D eigenvalue weighted by molar-refractivity contribution is -0.383. The molecule has 0 bridgehead atoms. The van der Waals surface area contributed by atoms with Crippen molar-refractivity contribution in [3.8, 4) is 0 Å². The maximum Gasteiger partial charge on any atom is 0.353 e. The van der Waals surface area contributed by atoms with E-state index in [2.05, 4.69) is 27.5 Å². The van der Waals surface area contributed by atoms with Crippen LogP contribution in [0.25, 0.3) is 0 Å². The lowest BCUT2D eigenvalue weighted by Crippen LogP contribution is -2.09. The van der Waals surface area contributed by atoms with Crippen molar-refractivity contribution in [3.63, 3.8) is 0 Å². The van der Waals surface area contributed by atoms with E-state index in [9.17, 15) is 14.5 Å². The van der Waals surface area contributed by atoms with Crippen molar-refractivity contribution in [3.05, 3.63) is 46.5 Å². The maximum absolute atomic E-state index is 13.9. The van der Waals surface area contributed by atoms with Gasteiger partial charge in [-0.3, -0.25) is 10.1 Å². The standard InChI is InChI=1S/C26H40FN5O2/c1-2-3-4-5-6-7-8-9-10-11-12-13-14-17-20-28-25-24(32(33)34)26(30-21-29-25)31-23-19-16-15-18-22(23)27/h15-16,18-19,21H,2-14,17,20H2,1H3,(H2,28,29,30,31). The molecule has 1 aromatic carbocycles. The van der Waals surface area contributed by atoms with Gasteiger partial charge in [0.1, 0.15) is 12.1 Å². The number of hydrogen-bond donors (Lipinski definition) is 2. The largest absolute Gasteiger partial charge is 0.364 e. The first-order chi connectivity index (χ1) is 16.6. The molecule has 0 unspecified atom stereocenters. The number of aromatic nitrogens is 2. The van der Waals surface area contributed by atoms with E-state index in [1.165, 1.54) is 95.5 Å². The third kappa shape index (κ3) is 10.4. The maximum atomic E-state index is 13.9. The summed E-state index contributed by atoms with van der Waals surface area (Å²) in [7, 11) is 0. The van der Waals surface area contributed by atoms with Gasteiger partial charge in [0.15, 0.2) is 0 Å². The number of nitro groups is 1. The summed E-state index contributed by atoms with van der Waals surface area (Å²) in [6.45, 7) is 2.85. The molecule has 8 heteroatoms. The molecular weight excluding hydrogens is 433 g/mol. The molecule has 188 valence electrons. The topological polar surface area (TPSA) is 93.0 Å². The molecule has 1 aromatic heterocycles. The SMILES string of the molecule is CCCCCCCCCCCCCCCCNc1ncnc(Nc2ccccc2F)c1[N+](=O)[O-]. The molecule has 2 rings (SSSR count). The van der Waals surface area contributed by atoms with Crippen LogP contribution in [0.5, 0.6) is 0 Å². The van der Waals surface area contributed by atoms with Crippen LogP contribution in [-0.4, -0.2) is 21.4 Å². The van der Waals surface area contributed by atoms with E-state index in [4.69, 9.17) is 0 Å². The normalized spacial score (nSPS) is 10.9. The Labute approximate surface area is 203 Å². The third-order valence-corrected chi connectivity index (χ3v) is 5.95. The van der Waals surface area contributed by atoms with Crippen LogP contribution >= 0.6 is 0 Å². The number of anilines is 3. The van der Waals surface area contributed by atoms with Gasteiger partial charge in [0.2, 0.25) is 11.6 Å². The Hall–Kier alpha value is -2.77. The molecule has 0 spiro atoms. The Kier molecular flexibility index (Phi) is 13.6. The van der Waals surface area contributed by atoms with Crippen molar-refractivity contribution in [1.82, 2.24) is 9.97 Å². The molecule has 0 radical (unpaired) electrons. The first kappa shape index (κ1) is 27.5. The minimum atomic E-state index is -0.545. The molecule has 0 saturated heterocycles. The Balaban J connectivity index is 1.62. The molecule has 0 fully saturated rings. The van der Waals surface area contributed by atoms with E-state index < -0.39 is 10.7 Å². The van der Waals surface area contributed by atoms with Crippen LogP contribution in [0.2, 0.25) is 0 Å². The lowest BCUT2D eigenvalue weighted by Gasteiger charge is -2.10. The van der Waals surface area contributed by atoms with E-state index >= 15 is 0 Å².